The maximum absolute atomic E-state index is 4.79. The highest BCUT2D eigenvalue weighted by Crippen LogP contribution is 2.15. The summed E-state index contributed by atoms with van der Waals surface area (Å²) in [6, 6.07) is 1.87. The Labute approximate surface area is 93.7 Å². The maximum atomic E-state index is 4.79. The number of rotatable bonds is 2. The van der Waals surface area contributed by atoms with Crippen LogP contribution < -0.4 is 0 Å². The van der Waals surface area contributed by atoms with Crippen molar-refractivity contribution in [1.29, 1.82) is 0 Å². The van der Waals surface area contributed by atoms with Crippen LogP contribution in [0, 0.1) is 11.8 Å². The fourth-order valence-electron chi connectivity index (χ4n) is 0.730. The van der Waals surface area contributed by atoms with Crippen LogP contribution in [-0.4, -0.2) is 23.5 Å². The van der Waals surface area contributed by atoms with Gasteiger partial charge in [0, 0.05) is 13.2 Å². The van der Waals surface area contributed by atoms with Crippen molar-refractivity contribution in [3.05, 3.63) is 15.3 Å². The van der Waals surface area contributed by atoms with Crippen molar-refractivity contribution in [2.24, 2.45) is 0 Å². The first-order valence-corrected chi connectivity index (χ1v) is 5.16. The minimum atomic E-state index is 0.458. The zero-order chi connectivity index (χ0) is 9.68. The fraction of sp³-hybridized carbons (Fsp3) is 0.375. The fourth-order valence-corrected chi connectivity index (χ4v) is 1.87. The Bertz CT molecular complexity index is 338. The van der Waals surface area contributed by atoms with Crippen LogP contribution >= 0.6 is 31.9 Å². The number of nitrogens with zero attached hydrogens (tertiary/aromatic N) is 2. The Kier molecular flexibility index (Phi) is 4.50. The summed E-state index contributed by atoms with van der Waals surface area (Å²) < 4.78 is 8.26. The van der Waals surface area contributed by atoms with Crippen molar-refractivity contribution >= 4 is 31.9 Å². The van der Waals surface area contributed by atoms with Gasteiger partial charge in [-0.3, -0.25) is 0 Å². The summed E-state index contributed by atoms with van der Waals surface area (Å²) in [5.74, 6) is 5.78. The Morgan fingerprint density at radius 2 is 2.31 bits per heavy atom. The minimum Gasteiger partial charge on any atom is -0.372 e. The van der Waals surface area contributed by atoms with E-state index < -0.39 is 0 Å². The van der Waals surface area contributed by atoms with Crippen LogP contribution in [0.25, 0.3) is 0 Å². The second-order valence-electron chi connectivity index (χ2n) is 2.23. The van der Waals surface area contributed by atoms with Gasteiger partial charge in [-0.25, -0.2) is 4.68 Å². The van der Waals surface area contributed by atoms with E-state index in [-0.39, 0.29) is 0 Å². The number of halogens is 2. The quantitative estimate of drug-likeness (QED) is 0.782. The van der Waals surface area contributed by atoms with Crippen LogP contribution in [0.1, 0.15) is 0 Å². The van der Waals surface area contributed by atoms with Gasteiger partial charge in [0.25, 0.3) is 0 Å². The van der Waals surface area contributed by atoms with Crippen molar-refractivity contribution in [3.63, 3.8) is 0 Å². The van der Waals surface area contributed by atoms with Crippen LogP contribution in [0.3, 0.4) is 0 Å². The van der Waals surface area contributed by atoms with Gasteiger partial charge >= 0.3 is 0 Å². The van der Waals surface area contributed by atoms with Crippen molar-refractivity contribution in [1.82, 2.24) is 9.78 Å². The largest absolute Gasteiger partial charge is 0.372 e. The number of methoxy groups -OCH3 is 1. The number of hydrogen-bond donors (Lipinski definition) is 0. The molecule has 0 fully saturated rings. The molecule has 0 saturated heterocycles. The molecule has 70 valence electrons. The lowest BCUT2D eigenvalue weighted by molar-refractivity contribution is 0.239. The van der Waals surface area contributed by atoms with Crippen molar-refractivity contribution in [2.45, 2.75) is 6.54 Å². The van der Waals surface area contributed by atoms with Gasteiger partial charge in [-0.05, 0) is 31.9 Å². The average Bonchev–Trinajstić information content (AvgIpc) is 2.39. The summed E-state index contributed by atoms with van der Waals surface area (Å²) in [5.41, 5.74) is 0. The van der Waals surface area contributed by atoms with E-state index in [2.05, 4.69) is 48.8 Å². The molecule has 0 radical (unpaired) electrons. The lowest BCUT2D eigenvalue weighted by Gasteiger charge is -1.94. The molecule has 0 aliphatic rings. The summed E-state index contributed by atoms with van der Waals surface area (Å²) in [4.78, 5) is 0. The van der Waals surface area contributed by atoms with Crippen LogP contribution in [-0.2, 0) is 11.3 Å². The Morgan fingerprint density at radius 3 is 2.85 bits per heavy atom. The summed E-state index contributed by atoms with van der Waals surface area (Å²) in [6.07, 6.45) is 0. The summed E-state index contributed by atoms with van der Waals surface area (Å²) in [5, 5.41) is 4.15. The molecule has 0 aliphatic heterocycles. The van der Waals surface area contributed by atoms with E-state index in [9.17, 15) is 0 Å². The molecule has 0 bridgehead atoms. The summed E-state index contributed by atoms with van der Waals surface area (Å²) in [6.45, 7) is 1.02. The van der Waals surface area contributed by atoms with Gasteiger partial charge in [0.05, 0.1) is 0 Å². The van der Waals surface area contributed by atoms with Gasteiger partial charge in [0.1, 0.15) is 22.4 Å². The average molecular weight is 308 g/mol. The van der Waals surface area contributed by atoms with E-state index in [0.29, 0.717) is 13.2 Å². The highest BCUT2D eigenvalue weighted by Gasteiger charge is 1.99. The van der Waals surface area contributed by atoms with Crippen molar-refractivity contribution < 1.29 is 4.74 Å². The maximum Gasteiger partial charge on any atom is 0.129 e. The first-order chi connectivity index (χ1) is 6.24. The van der Waals surface area contributed by atoms with Gasteiger partial charge < -0.3 is 4.74 Å². The number of ether oxygens (including phenoxy) is 1. The molecule has 1 heterocycles. The van der Waals surface area contributed by atoms with Crippen LogP contribution in [0.15, 0.2) is 15.3 Å². The van der Waals surface area contributed by atoms with E-state index in [1.54, 1.807) is 11.8 Å². The molecule has 5 heteroatoms. The second-order valence-corrected chi connectivity index (χ2v) is 3.86. The zero-order valence-electron chi connectivity index (χ0n) is 7.05. The Balaban J connectivity index is 2.55. The third-order valence-corrected chi connectivity index (χ3v) is 2.30. The van der Waals surface area contributed by atoms with E-state index >= 15 is 0 Å². The van der Waals surface area contributed by atoms with Crippen LogP contribution in [0.2, 0.25) is 0 Å². The molecule has 3 nitrogen and oxygen atoms in total. The first-order valence-electron chi connectivity index (χ1n) is 3.57. The Hall–Kier alpha value is -0.310. The lowest BCUT2D eigenvalue weighted by Crippen LogP contribution is -1.98. The molecule has 0 amide bonds. The molecule has 0 spiro atoms. The third-order valence-electron chi connectivity index (χ3n) is 1.27. The molecule has 1 rings (SSSR count). The van der Waals surface area contributed by atoms with Crippen molar-refractivity contribution in [3.8, 4) is 11.8 Å². The van der Waals surface area contributed by atoms with E-state index in [0.717, 1.165) is 9.21 Å². The minimum absolute atomic E-state index is 0.458. The molecular formula is C8H8Br2N2O. The van der Waals surface area contributed by atoms with Crippen LogP contribution in [0.4, 0.5) is 0 Å². The number of aromatic nitrogens is 2. The van der Waals surface area contributed by atoms with Crippen LogP contribution in [0.5, 0.6) is 0 Å². The zero-order valence-corrected chi connectivity index (χ0v) is 10.2. The molecule has 0 aromatic carbocycles. The van der Waals surface area contributed by atoms with Gasteiger partial charge in [0.15, 0.2) is 0 Å². The highest BCUT2D eigenvalue weighted by molar-refractivity contribution is 9.11. The molecule has 0 atom stereocenters. The predicted molar refractivity (Wildman–Crippen MR) is 57.3 cm³/mol. The van der Waals surface area contributed by atoms with Gasteiger partial charge in [0.2, 0.25) is 0 Å². The molecule has 0 unspecified atom stereocenters. The van der Waals surface area contributed by atoms with Gasteiger partial charge in [-0.2, -0.15) is 5.10 Å². The van der Waals surface area contributed by atoms with E-state index in [1.807, 2.05) is 6.07 Å². The molecule has 0 saturated carbocycles. The van der Waals surface area contributed by atoms with Crippen molar-refractivity contribution in [2.75, 3.05) is 13.7 Å². The number of hydrogen-bond acceptors (Lipinski definition) is 2. The highest BCUT2D eigenvalue weighted by atomic mass is 79.9. The monoisotopic (exact) mass is 306 g/mol. The summed E-state index contributed by atoms with van der Waals surface area (Å²) in [7, 11) is 1.62. The smallest absolute Gasteiger partial charge is 0.129 e. The van der Waals surface area contributed by atoms with Gasteiger partial charge in [-0.1, -0.05) is 11.8 Å². The van der Waals surface area contributed by atoms with Gasteiger partial charge in [-0.15, -0.1) is 0 Å². The Morgan fingerprint density at radius 1 is 1.54 bits per heavy atom. The molecule has 0 N–H and O–H groups in total. The molecule has 0 aliphatic carbocycles. The normalized spacial score (nSPS) is 9.46. The lowest BCUT2D eigenvalue weighted by atomic mass is 10.6. The molecular weight excluding hydrogens is 300 g/mol. The first kappa shape index (κ1) is 10.8. The van der Waals surface area contributed by atoms with E-state index in [1.165, 1.54) is 0 Å². The topological polar surface area (TPSA) is 27.1 Å². The SMILES string of the molecule is COCC#CCn1nc(Br)cc1Br. The van der Waals surface area contributed by atoms with E-state index in [4.69, 9.17) is 4.74 Å². The molecule has 1 aromatic rings. The summed E-state index contributed by atoms with van der Waals surface area (Å²) >= 11 is 6.63. The molecule has 1 aromatic heterocycles. The third kappa shape index (κ3) is 3.51. The predicted octanol–water partition coefficient (Wildman–Crippen LogP) is 2.06. The molecule has 13 heavy (non-hydrogen) atoms. The standard InChI is InChI=1S/C8H8Br2N2O/c1-13-5-3-2-4-12-8(10)6-7(9)11-12/h6H,4-5H2,1H3. The second kappa shape index (κ2) is 5.43.